The van der Waals surface area contributed by atoms with Crippen LogP contribution in [0.25, 0.3) is 0 Å². The van der Waals surface area contributed by atoms with Gasteiger partial charge < -0.3 is 0 Å². The summed E-state index contributed by atoms with van der Waals surface area (Å²) in [7, 11) is 0. The second-order valence-electron chi connectivity index (χ2n) is 2.47. The number of rotatable bonds is 2. The van der Waals surface area contributed by atoms with Gasteiger partial charge in [-0.25, -0.2) is 4.99 Å². The molecule has 0 amide bonds. The van der Waals surface area contributed by atoms with Crippen LogP contribution in [-0.2, 0) is 0 Å². The molecule has 0 rings (SSSR count). The second kappa shape index (κ2) is 4.34. The van der Waals surface area contributed by atoms with Crippen LogP contribution in [0.4, 0.5) is 0 Å². The molecule has 0 unspecified atom stereocenters. The maximum atomic E-state index is 4.11. The SMILES string of the molecule is CCC(C)=C=NC(C)C. The minimum atomic E-state index is 0.381. The summed E-state index contributed by atoms with van der Waals surface area (Å²) in [6.07, 6.45) is 1.05. The standard InChI is InChI=1S/C8H15N/c1-5-8(4)6-9-7(2)3/h7H,5H2,1-4H3. The summed E-state index contributed by atoms with van der Waals surface area (Å²) in [5, 5.41) is 0. The number of nitrogens with zero attached hydrogens (tertiary/aromatic N) is 1. The maximum Gasteiger partial charge on any atom is 0.0537 e. The largest absolute Gasteiger partial charge is 0.240 e. The molecule has 9 heavy (non-hydrogen) atoms. The Morgan fingerprint density at radius 1 is 1.56 bits per heavy atom. The van der Waals surface area contributed by atoms with E-state index in [0.29, 0.717) is 6.04 Å². The molecule has 0 saturated carbocycles. The van der Waals surface area contributed by atoms with E-state index in [1.54, 1.807) is 0 Å². The van der Waals surface area contributed by atoms with Crippen molar-refractivity contribution in [3.8, 4) is 0 Å². The molecule has 0 aliphatic heterocycles. The van der Waals surface area contributed by atoms with Crippen molar-refractivity contribution in [3.05, 3.63) is 5.57 Å². The molecule has 52 valence electrons. The lowest BCUT2D eigenvalue weighted by Gasteiger charge is -1.89. The summed E-state index contributed by atoms with van der Waals surface area (Å²) in [6, 6.07) is 0.381. The summed E-state index contributed by atoms with van der Waals surface area (Å²) in [4.78, 5) is 4.11. The van der Waals surface area contributed by atoms with Gasteiger partial charge in [-0.3, -0.25) is 0 Å². The van der Waals surface area contributed by atoms with Crippen molar-refractivity contribution in [3.63, 3.8) is 0 Å². The first-order valence-corrected chi connectivity index (χ1v) is 3.45. The van der Waals surface area contributed by atoms with Crippen LogP contribution in [-0.4, -0.2) is 11.9 Å². The topological polar surface area (TPSA) is 12.4 Å². The third-order valence-corrected chi connectivity index (χ3v) is 1.04. The van der Waals surface area contributed by atoms with Crippen LogP contribution in [0, 0.1) is 0 Å². The summed E-state index contributed by atoms with van der Waals surface area (Å²) in [5.41, 5.74) is 1.23. The Morgan fingerprint density at radius 2 is 2.11 bits per heavy atom. The molecule has 0 spiro atoms. The molecule has 1 heteroatoms. The zero-order chi connectivity index (χ0) is 7.28. The summed E-state index contributed by atoms with van der Waals surface area (Å²) in [5.74, 6) is 2.97. The van der Waals surface area contributed by atoms with Crippen molar-refractivity contribution in [1.82, 2.24) is 0 Å². The Labute approximate surface area is 57.5 Å². The fourth-order valence-corrected chi connectivity index (χ4v) is 0.318. The highest BCUT2D eigenvalue weighted by Crippen LogP contribution is 1.91. The lowest BCUT2D eigenvalue weighted by molar-refractivity contribution is 0.841. The van der Waals surface area contributed by atoms with Crippen LogP contribution in [0.1, 0.15) is 34.1 Å². The Hall–Kier alpha value is -0.550. The molecule has 0 N–H and O–H groups in total. The molecular weight excluding hydrogens is 110 g/mol. The summed E-state index contributed by atoms with van der Waals surface area (Å²) < 4.78 is 0. The highest BCUT2D eigenvalue weighted by Gasteiger charge is 1.82. The predicted octanol–water partition coefficient (Wildman–Crippen LogP) is 2.42. The van der Waals surface area contributed by atoms with E-state index in [1.807, 2.05) is 6.92 Å². The van der Waals surface area contributed by atoms with Crippen molar-refractivity contribution >= 4 is 5.87 Å². The van der Waals surface area contributed by atoms with Gasteiger partial charge in [0.2, 0.25) is 0 Å². The van der Waals surface area contributed by atoms with E-state index in [2.05, 4.69) is 31.6 Å². The molecule has 0 aromatic heterocycles. The van der Waals surface area contributed by atoms with Gasteiger partial charge in [0.05, 0.1) is 6.04 Å². The van der Waals surface area contributed by atoms with Crippen LogP contribution < -0.4 is 0 Å². The van der Waals surface area contributed by atoms with Crippen molar-refractivity contribution in [2.24, 2.45) is 4.99 Å². The van der Waals surface area contributed by atoms with Gasteiger partial charge >= 0.3 is 0 Å². The Kier molecular flexibility index (Phi) is 4.08. The smallest absolute Gasteiger partial charge is 0.0537 e. The molecule has 0 aliphatic rings. The summed E-state index contributed by atoms with van der Waals surface area (Å²) >= 11 is 0. The van der Waals surface area contributed by atoms with E-state index >= 15 is 0 Å². The van der Waals surface area contributed by atoms with Crippen molar-refractivity contribution in [2.75, 3.05) is 0 Å². The van der Waals surface area contributed by atoms with Crippen molar-refractivity contribution in [1.29, 1.82) is 0 Å². The zero-order valence-corrected chi connectivity index (χ0v) is 6.73. The maximum absolute atomic E-state index is 4.11. The third kappa shape index (κ3) is 5.32. The lowest BCUT2D eigenvalue weighted by atomic mass is 10.3. The molecule has 0 atom stereocenters. The van der Waals surface area contributed by atoms with Gasteiger partial charge in [-0.2, -0.15) is 0 Å². The summed E-state index contributed by atoms with van der Waals surface area (Å²) in [6.45, 7) is 8.26. The Balaban J connectivity index is 3.91. The van der Waals surface area contributed by atoms with Gasteiger partial charge in [-0.15, -0.1) is 0 Å². The van der Waals surface area contributed by atoms with Gasteiger partial charge in [0, 0.05) is 0 Å². The molecule has 0 radical (unpaired) electrons. The highest BCUT2D eigenvalue weighted by molar-refractivity contribution is 5.56. The molecule has 0 saturated heterocycles. The Bertz CT molecular complexity index is 128. The first-order valence-electron chi connectivity index (χ1n) is 3.45. The van der Waals surface area contributed by atoms with E-state index < -0.39 is 0 Å². The number of hydrogen-bond donors (Lipinski definition) is 0. The molecule has 0 aliphatic carbocycles. The van der Waals surface area contributed by atoms with E-state index in [0.717, 1.165) is 6.42 Å². The monoisotopic (exact) mass is 125 g/mol. The van der Waals surface area contributed by atoms with Gasteiger partial charge in [0.1, 0.15) is 0 Å². The van der Waals surface area contributed by atoms with Crippen molar-refractivity contribution < 1.29 is 0 Å². The molecule has 0 aromatic carbocycles. The zero-order valence-electron chi connectivity index (χ0n) is 6.73. The number of allylic oxidation sites excluding steroid dienone is 1. The Morgan fingerprint density at radius 3 is 2.44 bits per heavy atom. The first kappa shape index (κ1) is 8.45. The first-order chi connectivity index (χ1) is 4.16. The minimum Gasteiger partial charge on any atom is -0.240 e. The van der Waals surface area contributed by atoms with Crippen LogP contribution in [0.3, 0.4) is 0 Å². The van der Waals surface area contributed by atoms with E-state index in [9.17, 15) is 0 Å². The lowest BCUT2D eigenvalue weighted by Crippen LogP contribution is -1.86. The third-order valence-electron chi connectivity index (χ3n) is 1.04. The number of hydrogen-bond acceptors (Lipinski definition) is 1. The van der Waals surface area contributed by atoms with E-state index in [4.69, 9.17) is 0 Å². The van der Waals surface area contributed by atoms with Crippen LogP contribution in [0.15, 0.2) is 10.6 Å². The molecule has 0 heterocycles. The van der Waals surface area contributed by atoms with Gasteiger partial charge in [0.25, 0.3) is 0 Å². The fraction of sp³-hybridized carbons (Fsp3) is 0.750. The van der Waals surface area contributed by atoms with E-state index in [1.165, 1.54) is 5.57 Å². The average Bonchev–Trinajstić information content (AvgIpc) is 1.83. The van der Waals surface area contributed by atoms with Gasteiger partial charge in [0.15, 0.2) is 0 Å². The number of aliphatic imine (C=N–C) groups is 1. The second-order valence-corrected chi connectivity index (χ2v) is 2.47. The molecular formula is C8H15N. The van der Waals surface area contributed by atoms with E-state index in [-0.39, 0.29) is 0 Å². The predicted molar refractivity (Wildman–Crippen MR) is 42.0 cm³/mol. The average molecular weight is 125 g/mol. The molecule has 1 nitrogen and oxygen atoms in total. The fourth-order valence-electron chi connectivity index (χ4n) is 0.318. The quantitative estimate of drug-likeness (QED) is 0.502. The van der Waals surface area contributed by atoms with Gasteiger partial charge in [-0.1, -0.05) is 6.92 Å². The van der Waals surface area contributed by atoms with Gasteiger partial charge in [-0.05, 0) is 38.6 Å². The molecule has 0 aromatic rings. The normalized spacial score (nSPS) is 9.00. The van der Waals surface area contributed by atoms with Crippen LogP contribution >= 0.6 is 0 Å². The van der Waals surface area contributed by atoms with Crippen molar-refractivity contribution in [2.45, 2.75) is 40.2 Å². The molecule has 0 bridgehead atoms. The van der Waals surface area contributed by atoms with Crippen LogP contribution in [0.5, 0.6) is 0 Å². The van der Waals surface area contributed by atoms with Crippen LogP contribution in [0.2, 0.25) is 0 Å². The molecule has 0 fully saturated rings. The minimum absolute atomic E-state index is 0.381. The highest BCUT2D eigenvalue weighted by atomic mass is 14.7.